The smallest absolute Gasteiger partial charge is 0.333 e. The molecule has 0 spiro atoms. The van der Waals surface area contributed by atoms with Crippen molar-refractivity contribution in [2.24, 2.45) is 0 Å². The summed E-state index contributed by atoms with van der Waals surface area (Å²) in [6.07, 6.45) is 2.17. The lowest BCUT2D eigenvalue weighted by molar-refractivity contribution is -0.158. The maximum atomic E-state index is 11.8. The van der Waals surface area contributed by atoms with Gasteiger partial charge < -0.3 is 9.47 Å². The molecule has 0 unspecified atom stereocenters. The van der Waals surface area contributed by atoms with Crippen LogP contribution in [0, 0.1) is 0 Å². The van der Waals surface area contributed by atoms with Gasteiger partial charge in [-0.2, -0.15) is 0 Å². The topological polar surface area (TPSA) is 52.6 Å². The second kappa shape index (κ2) is 7.86. The lowest BCUT2D eigenvalue weighted by Crippen LogP contribution is -2.43. The van der Waals surface area contributed by atoms with Gasteiger partial charge in [-0.05, 0) is 20.3 Å². The van der Waals surface area contributed by atoms with Crippen LogP contribution in [0.25, 0.3) is 0 Å². The fourth-order valence-corrected chi connectivity index (χ4v) is 1.89. The molecule has 0 radical (unpaired) electrons. The molecule has 0 aromatic heterocycles. The molecule has 5 heteroatoms. The summed E-state index contributed by atoms with van der Waals surface area (Å²) in [5.74, 6) is -0.995. The van der Waals surface area contributed by atoms with Gasteiger partial charge in [0, 0.05) is 0 Å². The predicted molar refractivity (Wildman–Crippen MR) is 69.5 cm³/mol. The van der Waals surface area contributed by atoms with E-state index in [-0.39, 0.29) is 13.2 Å². The molecule has 0 N–H and O–H groups in total. The molecule has 0 amide bonds. The second-order valence-corrected chi connectivity index (χ2v) is 5.19. The van der Waals surface area contributed by atoms with E-state index in [0.717, 1.165) is 12.8 Å². The zero-order valence-electron chi connectivity index (χ0n) is 10.0. The average molecular weight is 342 g/mol. The fraction of sp³-hybridized carbons (Fsp3) is 0.818. The number of ether oxygens (including phenoxy) is 2. The Kier molecular flexibility index (Phi) is 7.70. The van der Waals surface area contributed by atoms with Crippen molar-refractivity contribution in [3.05, 3.63) is 0 Å². The summed E-state index contributed by atoms with van der Waals surface area (Å²) in [5, 5.41) is 0. The van der Waals surface area contributed by atoms with E-state index in [1.54, 1.807) is 13.8 Å². The summed E-state index contributed by atoms with van der Waals surface area (Å²) in [6.45, 7) is 6.00. The van der Waals surface area contributed by atoms with E-state index in [4.69, 9.17) is 9.47 Å². The lowest BCUT2D eigenvalue weighted by Gasteiger charge is -2.22. The number of carbonyl (C=O) groups excluding carboxylic acids is 2. The van der Waals surface area contributed by atoms with Crippen LogP contribution >= 0.6 is 22.6 Å². The van der Waals surface area contributed by atoms with E-state index in [0.29, 0.717) is 6.42 Å². The van der Waals surface area contributed by atoms with Crippen LogP contribution in [0.3, 0.4) is 0 Å². The Bertz CT molecular complexity index is 222. The van der Waals surface area contributed by atoms with Gasteiger partial charge in [0.25, 0.3) is 0 Å². The first-order valence-electron chi connectivity index (χ1n) is 5.56. The van der Waals surface area contributed by atoms with E-state index in [9.17, 15) is 9.59 Å². The van der Waals surface area contributed by atoms with Crippen LogP contribution in [-0.2, 0) is 19.1 Å². The Labute approximate surface area is 110 Å². The van der Waals surface area contributed by atoms with Crippen molar-refractivity contribution in [3.63, 3.8) is 0 Å². The SMILES string of the molecule is CCCCC(I)(C(=O)OCC)C(=O)OCC. The first-order chi connectivity index (χ1) is 7.52. The summed E-state index contributed by atoms with van der Waals surface area (Å²) in [6, 6.07) is 0. The van der Waals surface area contributed by atoms with E-state index in [2.05, 4.69) is 0 Å². The largest absolute Gasteiger partial charge is 0.465 e. The van der Waals surface area contributed by atoms with Crippen molar-refractivity contribution in [2.75, 3.05) is 13.2 Å². The maximum Gasteiger partial charge on any atom is 0.333 e. The summed E-state index contributed by atoms with van der Waals surface area (Å²) in [7, 11) is 0. The van der Waals surface area contributed by atoms with E-state index >= 15 is 0 Å². The zero-order valence-corrected chi connectivity index (χ0v) is 12.2. The van der Waals surface area contributed by atoms with Crippen LogP contribution in [0.15, 0.2) is 0 Å². The Morgan fingerprint density at radius 1 is 1.06 bits per heavy atom. The molecule has 16 heavy (non-hydrogen) atoms. The first-order valence-corrected chi connectivity index (χ1v) is 6.64. The van der Waals surface area contributed by atoms with Gasteiger partial charge in [-0.15, -0.1) is 0 Å². The maximum absolute atomic E-state index is 11.8. The summed E-state index contributed by atoms with van der Waals surface area (Å²) >= 11 is 1.85. The van der Waals surface area contributed by atoms with Crippen molar-refractivity contribution >= 4 is 34.5 Å². The molecule has 0 saturated heterocycles. The normalized spacial score (nSPS) is 11.0. The van der Waals surface area contributed by atoms with Crippen LogP contribution < -0.4 is 0 Å². The van der Waals surface area contributed by atoms with Gasteiger partial charge in [-0.3, -0.25) is 0 Å². The van der Waals surface area contributed by atoms with Crippen LogP contribution in [0.5, 0.6) is 0 Å². The number of esters is 2. The molecule has 0 aliphatic heterocycles. The van der Waals surface area contributed by atoms with Gasteiger partial charge in [0.2, 0.25) is 3.42 Å². The molecule has 94 valence electrons. The third kappa shape index (κ3) is 4.27. The Balaban J connectivity index is 4.71. The molecular formula is C11H19IO4. The minimum atomic E-state index is -1.18. The molecule has 0 heterocycles. The monoisotopic (exact) mass is 342 g/mol. The van der Waals surface area contributed by atoms with Gasteiger partial charge in [-0.1, -0.05) is 42.4 Å². The third-order valence-electron chi connectivity index (χ3n) is 2.07. The van der Waals surface area contributed by atoms with Crippen LogP contribution in [0.1, 0.15) is 40.0 Å². The third-order valence-corrected chi connectivity index (χ3v) is 3.49. The van der Waals surface area contributed by atoms with Crippen molar-refractivity contribution in [3.8, 4) is 0 Å². The van der Waals surface area contributed by atoms with Crippen LogP contribution in [0.2, 0.25) is 0 Å². The molecule has 0 bridgehead atoms. The molecule has 0 rings (SSSR count). The molecule has 4 nitrogen and oxygen atoms in total. The minimum Gasteiger partial charge on any atom is -0.465 e. The zero-order chi connectivity index (χ0) is 12.6. The summed E-state index contributed by atoms with van der Waals surface area (Å²) < 4.78 is 8.67. The van der Waals surface area contributed by atoms with Crippen LogP contribution in [0.4, 0.5) is 0 Å². The highest BCUT2D eigenvalue weighted by molar-refractivity contribution is 14.1. The Hall–Kier alpha value is -0.330. The number of unbranched alkanes of at least 4 members (excludes halogenated alkanes) is 1. The van der Waals surface area contributed by atoms with Crippen molar-refractivity contribution in [2.45, 2.75) is 43.5 Å². The van der Waals surface area contributed by atoms with Gasteiger partial charge in [0.15, 0.2) is 0 Å². The molecule has 0 aromatic carbocycles. The summed E-state index contributed by atoms with van der Waals surface area (Å²) in [4.78, 5) is 23.5. The van der Waals surface area contributed by atoms with Gasteiger partial charge in [-0.25, -0.2) is 9.59 Å². The van der Waals surface area contributed by atoms with E-state index in [1.807, 2.05) is 29.5 Å². The quantitative estimate of drug-likeness (QED) is 0.309. The minimum absolute atomic E-state index is 0.273. The predicted octanol–water partition coefficient (Wildman–Crippen LogP) is 2.48. The lowest BCUT2D eigenvalue weighted by atomic mass is 10.0. The van der Waals surface area contributed by atoms with Gasteiger partial charge in [0.05, 0.1) is 13.2 Å². The highest BCUT2D eigenvalue weighted by Crippen LogP contribution is 2.29. The molecule has 0 aliphatic rings. The van der Waals surface area contributed by atoms with E-state index < -0.39 is 15.4 Å². The van der Waals surface area contributed by atoms with Crippen molar-refractivity contribution in [1.82, 2.24) is 0 Å². The Morgan fingerprint density at radius 3 is 1.81 bits per heavy atom. The first kappa shape index (κ1) is 15.7. The number of hydrogen-bond acceptors (Lipinski definition) is 4. The highest BCUT2D eigenvalue weighted by atomic mass is 127. The Morgan fingerprint density at radius 2 is 1.50 bits per heavy atom. The molecular weight excluding hydrogens is 323 g/mol. The standard InChI is InChI=1S/C11H19IO4/c1-4-7-8-11(12,9(13)15-5-2)10(14)16-6-3/h4-8H2,1-3H3. The summed E-state index contributed by atoms with van der Waals surface area (Å²) in [5.41, 5.74) is 0. The molecule has 0 aliphatic carbocycles. The number of halogens is 1. The van der Waals surface area contributed by atoms with E-state index in [1.165, 1.54) is 0 Å². The van der Waals surface area contributed by atoms with Crippen LogP contribution in [-0.4, -0.2) is 28.6 Å². The van der Waals surface area contributed by atoms with Gasteiger partial charge in [0.1, 0.15) is 0 Å². The van der Waals surface area contributed by atoms with Crippen molar-refractivity contribution in [1.29, 1.82) is 0 Å². The number of carbonyl (C=O) groups is 2. The second-order valence-electron chi connectivity index (χ2n) is 3.35. The molecule has 0 fully saturated rings. The molecule has 0 aromatic rings. The molecule has 0 saturated carbocycles. The average Bonchev–Trinajstić information content (AvgIpc) is 2.26. The highest BCUT2D eigenvalue weighted by Gasteiger charge is 2.45. The fourth-order valence-electron chi connectivity index (χ4n) is 1.20. The molecule has 0 atom stereocenters. The number of hydrogen-bond donors (Lipinski definition) is 0. The van der Waals surface area contributed by atoms with Crippen molar-refractivity contribution < 1.29 is 19.1 Å². The number of rotatable bonds is 7. The number of alkyl halides is 1. The van der Waals surface area contributed by atoms with Gasteiger partial charge >= 0.3 is 11.9 Å².